The lowest BCUT2D eigenvalue weighted by atomic mass is 10.1. The normalized spacial score (nSPS) is 10.3. The van der Waals surface area contributed by atoms with Gasteiger partial charge in [0.1, 0.15) is 0 Å². The third-order valence-corrected chi connectivity index (χ3v) is 4.05. The molecule has 0 saturated carbocycles. The molecule has 0 unspecified atom stereocenters. The van der Waals surface area contributed by atoms with Gasteiger partial charge in [-0.15, -0.1) is 0 Å². The van der Waals surface area contributed by atoms with Crippen LogP contribution in [0.1, 0.15) is 12.5 Å². The molecule has 0 saturated heterocycles. The summed E-state index contributed by atoms with van der Waals surface area (Å²) in [4.78, 5) is 14.4. The van der Waals surface area contributed by atoms with E-state index < -0.39 is 0 Å². The lowest BCUT2D eigenvalue weighted by Gasteiger charge is -2.23. The predicted molar refractivity (Wildman–Crippen MR) is 104 cm³/mol. The van der Waals surface area contributed by atoms with Crippen LogP contribution in [0.2, 0.25) is 0 Å². The molecule has 126 valence electrons. The fourth-order valence-corrected chi connectivity index (χ4v) is 2.83. The van der Waals surface area contributed by atoms with Crippen molar-refractivity contribution in [1.82, 2.24) is 0 Å². The largest absolute Gasteiger partial charge is 0.342 e. The lowest BCUT2D eigenvalue weighted by Crippen LogP contribution is -2.16. The predicted octanol–water partition coefficient (Wildman–Crippen LogP) is 5.03. The maximum absolute atomic E-state index is 12.2. The number of hydrogen-bond donors (Lipinski definition) is 1. The molecule has 1 amide bonds. The smallest absolute Gasteiger partial charge is 0.228 e. The Morgan fingerprint density at radius 3 is 1.96 bits per heavy atom. The molecule has 0 aliphatic rings. The highest BCUT2D eigenvalue weighted by Crippen LogP contribution is 2.26. The quantitative estimate of drug-likeness (QED) is 0.688. The van der Waals surface area contributed by atoms with Crippen LogP contribution < -0.4 is 10.2 Å². The zero-order chi connectivity index (χ0) is 17.5. The summed E-state index contributed by atoms with van der Waals surface area (Å²) in [6.07, 6.45) is 0.383. The fourth-order valence-electron chi connectivity index (χ4n) is 2.83. The molecule has 0 aliphatic carbocycles. The van der Waals surface area contributed by atoms with Crippen LogP contribution >= 0.6 is 0 Å². The number of rotatable bonds is 6. The zero-order valence-electron chi connectivity index (χ0n) is 14.4. The molecule has 3 aromatic rings. The molecule has 0 spiro atoms. The van der Waals surface area contributed by atoms with Gasteiger partial charge in [0.2, 0.25) is 5.91 Å². The van der Waals surface area contributed by atoms with Gasteiger partial charge in [-0.3, -0.25) is 4.79 Å². The molecular formula is C22H22N2O. The van der Waals surface area contributed by atoms with E-state index in [0.29, 0.717) is 6.42 Å². The van der Waals surface area contributed by atoms with E-state index in [2.05, 4.69) is 29.3 Å². The lowest BCUT2D eigenvalue weighted by molar-refractivity contribution is -0.115. The Hall–Kier alpha value is -3.07. The molecule has 0 aliphatic heterocycles. The first kappa shape index (κ1) is 16.8. The highest BCUT2D eigenvalue weighted by atomic mass is 16.1. The van der Waals surface area contributed by atoms with E-state index in [0.717, 1.165) is 29.2 Å². The topological polar surface area (TPSA) is 32.3 Å². The highest BCUT2D eigenvalue weighted by molar-refractivity contribution is 5.92. The molecule has 0 heterocycles. The van der Waals surface area contributed by atoms with Crippen molar-refractivity contribution in [2.45, 2.75) is 13.3 Å². The summed E-state index contributed by atoms with van der Waals surface area (Å²) < 4.78 is 0. The number of nitrogens with one attached hydrogen (secondary N) is 1. The maximum Gasteiger partial charge on any atom is 0.228 e. The van der Waals surface area contributed by atoms with Gasteiger partial charge >= 0.3 is 0 Å². The van der Waals surface area contributed by atoms with Gasteiger partial charge in [-0.1, -0.05) is 48.5 Å². The molecule has 0 radical (unpaired) electrons. The molecule has 1 N–H and O–H groups in total. The third kappa shape index (κ3) is 4.48. The second kappa shape index (κ2) is 8.15. The summed E-state index contributed by atoms with van der Waals surface area (Å²) in [7, 11) is 0. The van der Waals surface area contributed by atoms with Crippen molar-refractivity contribution in [1.29, 1.82) is 0 Å². The number of carbonyl (C=O) groups excluding carboxylic acids is 1. The van der Waals surface area contributed by atoms with Gasteiger partial charge in [0.05, 0.1) is 6.42 Å². The standard InChI is InChI=1S/C22H22N2O/c1-2-24(20-11-7-4-8-12-20)21-15-13-19(14-16-21)23-22(25)17-18-9-5-3-6-10-18/h3-16H,2,17H2,1H3,(H,23,25). The van der Waals surface area contributed by atoms with Gasteiger partial charge in [0.15, 0.2) is 0 Å². The van der Waals surface area contributed by atoms with Gasteiger partial charge < -0.3 is 10.2 Å². The average Bonchev–Trinajstić information content (AvgIpc) is 2.65. The monoisotopic (exact) mass is 330 g/mol. The number of para-hydroxylation sites is 1. The van der Waals surface area contributed by atoms with Crippen LogP contribution in [-0.2, 0) is 11.2 Å². The Kier molecular flexibility index (Phi) is 5.47. The molecule has 0 atom stereocenters. The Bertz CT molecular complexity index is 798. The van der Waals surface area contributed by atoms with Crippen LogP contribution in [0.4, 0.5) is 17.1 Å². The minimum Gasteiger partial charge on any atom is -0.342 e. The number of nitrogens with zero attached hydrogens (tertiary/aromatic N) is 1. The number of amides is 1. The molecule has 25 heavy (non-hydrogen) atoms. The summed E-state index contributed by atoms with van der Waals surface area (Å²) in [5.41, 5.74) is 4.09. The van der Waals surface area contributed by atoms with Crippen molar-refractivity contribution in [3.63, 3.8) is 0 Å². The minimum absolute atomic E-state index is 0.00522. The Morgan fingerprint density at radius 2 is 1.36 bits per heavy atom. The Balaban J connectivity index is 1.66. The van der Waals surface area contributed by atoms with Gasteiger partial charge in [-0.25, -0.2) is 0 Å². The van der Waals surface area contributed by atoms with Crippen LogP contribution in [0.5, 0.6) is 0 Å². The molecule has 0 bridgehead atoms. The molecule has 3 heteroatoms. The summed E-state index contributed by atoms with van der Waals surface area (Å²) in [5.74, 6) is -0.00522. The second-order valence-corrected chi connectivity index (χ2v) is 5.84. The molecule has 3 aromatic carbocycles. The molecule has 0 fully saturated rings. The summed E-state index contributed by atoms with van der Waals surface area (Å²) in [6, 6.07) is 28.0. The minimum atomic E-state index is -0.00522. The van der Waals surface area contributed by atoms with Crippen molar-refractivity contribution in [3.05, 3.63) is 90.5 Å². The first-order valence-electron chi connectivity index (χ1n) is 8.52. The van der Waals surface area contributed by atoms with Crippen LogP contribution in [0.25, 0.3) is 0 Å². The second-order valence-electron chi connectivity index (χ2n) is 5.84. The summed E-state index contributed by atoms with van der Waals surface area (Å²) in [6.45, 7) is 3.01. The maximum atomic E-state index is 12.2. The number of carbonyl (C=O) groups is 1. The van der Waals surface area contributed by atoms with Crippen molar-refractivity contribution in [2.24, 2.45) is 0 Å². The number of anilines is 3. The average molecular weight is 330 g/mol. The number of hydrogen-bond acceptors (Lipinski definition) is 2. The van der Waals surface area contributed by atoms with E-state index in [9.17, 15) is 4.79 Å². The molecular weight excluding hydrogens is 308 g/mol. The first-order chi connectivity index (χ1) is 12.3. The zero-order valence-corrected chi connectivity index (χ0v) is 14.4. The van der Waals surface area contributed by atoms with Gasteiger partial charge in [-0.05, 0) is 48.9 Å². The third-order valence-electron chi connectivity index (χ3n) is 4.05. The van der Waals surface area contributed by atoms with E-state index in [-0.39, 0.29) is 5.91 Å². The highest BCUT2D eigenvalue weighted by Gasteiger charge is 2.08. The van der Waals surface area contributed by atoms with E-state index >= 15 is 0 Å². The summed E-state index contributed by atoms with van der Waals surface area (Å²) >= 11 is 0. The first-order valence-corrected chi connectivity index (χ1v) is 8.52. The van der Waals surface area contributed by atoms with E-state index in [4.69, 9.17) is 0 Å². The van der Waals surface area contributed by atoms with Crippen molar-refractivity contribution in [2.75, 3.05) is 16.8 Å². The Labute approximate surface area is 148 Å². The van der Waals surface area contributed by atoms with Crippen molar-refractivity contribution >= 4 is 23.0 Å². The fraction of sp³-hybridized carbons (Fsp3) is 0.136. The van der Waals surface area contributed by atoms with E-state index in [1.807, 2.05) is 72.8 Å². The molecule has 3 rings (SSSR count). The van der Waals surface area contributed by atoms with Crippen molar-refractivity contribution in [3.8, 4) is 0 Å². The van der Waals surface area contributed by atoms with E-state index in [1.165, 1.54) is 0 Å². The van der Waals surface area contributed by atoms with Gasteiger partial charge in [0, 0.05) is 23.6 Å². The number of benzene rings is 3. The van der Waals surface area contributed by atoms with Crippen LogP contribution in [0.15, 0.2) is 84.9 Å². The van der Waals surface area contributed by atoms with Crippen LogP contribution in [0, 0.1) is 0 Å². The van der Waals surface area contributed by atoms with Crippen molar-refractivity contribution < 1.29 is 4.79 Å². The molecule has 3 nitrogen and oxygen atoms in total. The molecule has 0 aromatic heterocycles. The Morgan fingerprint density at radius 1 is 0.800 bits per heavy atom. The van der Waals surface area contributed by atoms with E-state index in [1.54, 1.807) is 0 Å². The SMILES string of the molecule is CCN(c1ccccc1)c1ccc(NC(=O)Cc2ccccc2)cc1. The summed E-state index contributed by atoms with van der Waals surface area (Å²) in [5, 5.41) is 2.96. The van der Waals surface area contributed by atoms with Gasteiger partial charge in [-0.2, -0.15) is 0 Å². The van der Waals surface area contributed by atoms with Crippen LogP contribution in [-0.4, -0.2) is 12.5 Å². The van der Waals surface area contributed by atoms with Gasteiger partial charge in [0.25, 0.3) is 0 Å². The van der Waals surface area contributed by atoms with Crippen LogP contribution in [0.3, 0.4) is 0 Å².